The Morgan fingerprint density at radius 2 is 1.93 bits per heavy atom. The van der Waals surface area contributed by atoms with Crippen molar-refractivity contribution in [3.8, 4) is 11.5 Å². The average Bonchev–Trinajstić information content (AvgIpc) is 2.77. The first-order valence-corrected chi connectivity index (χ1v) is 9.17. The molecule has 1 aromatic heterocycles. The molecule has 0 N–H and O–H groups in total. The molecule has 1 fully saturated rings. The van der Waals surface area contributed by atoms with Crippen LogP contribution in [0.1, 0.15) is 22.2 Å². The quantitative estimate of drug-likeness (QED) is 0.696. The second-order valence-electron chi connectivity index (χ2n) is 6.63. The standard InChI is InChI=1S/C22H22N2O4/c1-26-17-7-8-18(20(12-17)27-2)22(25)24-9-10-28-21(14-24)19-11-15-5-3-4-6-16(15)13-23-19/h3-8,11-13,21H,9-10,14H2,1-2H3/t21-/m0/s1. The normalized spacial score (nSPS) is 16.8. The highest BCUT2D eigenvalue weighted by atomic mass is 16.5. The summed E-state index contributed by atoms with van der Waals surface area (Å²) in [5.74, 6) is 1.05. The molecule has 28 heavy (non-hydrogen) atoms. The molecule has 0 spiro atoms. The van der Waals surface area contributed by atoms with Crippen LogP contribution in [-0.2, 0) is 4.74 Å². The van der Waals surface area contributed by atoms with Crippen molar-refractivity contribution >= 4 is 16.7 Å². The van der Waals surface area contributed by atoms with Gasteiger partial charge in [0.2, 0.25) is 0 Å². The maximum absolute atomic E-state index is 13.1. The molecular weight excluding hydrogens is 356 g/mol. The molecule has 0 saturated carbocycles. The van der Waals surface area contributed by atoms with Gasteiger partial charge in [0.15, 0.2) is 0 Å². The number of methoxy groups -OCH3 is 2. The summed E-state index contributed by atoms with van der Waals surface area (Å²) in [6, 6.07) is 15.3. The van der Waals surface area contributed by atoms with Crippen LogP contribution in [0.2, 0.25) is 0 Å². The fourth-order valence-electron chi connectivity index (χ4n) is 3.43. The minimum atomic E-state index is -0.258. The first-order chi connectivity index (χ1) is 13.7. The summed E-state index contributed by atoms with van der Waals surface area (Å²) in [7, 11) is 3.13. The number of benzene rings is 2. The number of hydrogen-bond acceptors (Lipinski definition) is 5. The van der Waals surface area contributed by atoms with Crippen LogP contribution >= 0.6 is 0 Å². The van der Waals surface area contributed by atoms with E-state index in [1.54, 1.807) is 37.3 Å². The number of rotatable bonds is 4. The van der Waals surface area contributed by atoms with Gasteiger partial charge in [0.05, 0.1) is 38.6 Å². The van der Waals surface area contributed by atoms with E-state index in [4.69, 9.17) is 14.2 Å². The topological polar surface area (TPSA) is 60.9 Å². The van der Waals surface area contributed by atoms with Crippen LogP contribution in [0.3, 0.4) is 0 Å². The van der Waals surface area contributed by atoms with Crippen LogP contribution in [0.5, 0.6) is 11.5 Å². The van der Waals surface area contributed by atoms with Gasteiger partial charge >= 0.3 is 0 Å². The second-order valence-corrected chi connectivity index (χ2v) is 6.63. The lowest BCUT2D eigenvalue weighted by molar-refractivity contribution is -0.0247. The molecule has 6 heteroatoms. The minimum absolute atomic E-state index is 0.0893. The van der Waals surface area contributed by atoms with Crippen molar-refractivity contribution < 1.29 is 19.0 Å². The molecule has 1 aliphatic heterocycles. The summed E-state index contributed by atoms with van der Waals surface area (Å²) in [5, 5.41) is 2.19. The zero-order chi connectivity index (χ0) is 19.5. The Morgan fingerprint density at radius 3 is 2.71 bits per heavy atom. The Hall–Kier alpha value is -3.12. The van der Waals surface area contributed by atoms with Crippen molar-refractivity contribution in [3.63, 3.8) is 0 Å². The van der Waals surface area contributed by atoms with Crippen LogP contribution in [0, 0.1) is 0 Å². The van der Waals surface area contributed by atoms with Gasteiger partial charge in [0.25, 0.3) is 5.91 Å². The summed E-state index contributed by atoms with van der Waals surface area (Å²) in [6.07, 6.45) is 1.59. The number of hydrogen-bond donors (Lipinski definition) is 0. The highest BCUT2D eigenvalue weighted by Gasteiger charge is 2.28. The van der Waals surface area contributed by atoms with Gasteiger partial charge in [-0.25, -0.2) is 0 Å². The number of ether oxygens (including phenoxy) is 3. The third-order valence-electron chi connectivity index (χ3n) is 4.97. The molecule has 2 aromatic carbocycles. The molecule has 4 rings (SSSR count). The summed E-state index contributed by atoms with van der Waals surface area (Å²) in [4.78, 5) is 19.4. The molecule has 1 amide bonds. The average molecular weight is 378 g/mol. The zero-order valence-corrected chi connectivity index (χ0v) is 15.9. The molecule has 0 unspecified atom stereocenters. The number of carbonyl (C=O) groups is 1. The van der Waals surface area contributed by atoms with Gasteiger partial charge in [-0.1, -0.05) is 24.3 Å². The summed E-state index contributed by atoms with van der Waals surface area (Å²) in [6.45, 7) is 1.43. The number of amides is 1. The highest BCUT2D eigenvalue weighted by molar-refractivity contribution is 5.97. The molecule has 1 aliphatic rings. The lowest BCUT2D eigenvalue weighted by Gasteiger charge is -2.33. The molecule has 2 heterocycles. The van der Waals surface area contributed by atoms with E-state index in [1.807, 2.05) is 30.5 Å². The van der Waals surface area contributed by atoms with Crippen molar-refractivity contribution in [1.82, 2.24) is 9.88 Å². The largest absolute Gasteiger partial charge is 0.497 e. The lowest BCUT2D eigenvalue weighted by Crippen LogP contribution is -2.42. The third kappa shape index (κ3) is 3.51. The van der Waals surface area contributed by atoms with Crippen molar-refractivity contribution in [2.75, 3.05) is 33.9 Å². The van der Waals surface area contributed by atoms with Gasteiger partial charge < -0.3 is 19.1 Å². The highest BCUT2D eigenvalue weighted by Crippen LogP contribution is 2.29. The Morgan fingerprint density at radius 1 is 1.11 bits per heavy atom. The van der Waals surface area contributed by atoms with E-state index in [-0.39, 0.29) is 12.0 Å². The summed E-state index contributed by atoms with van der Waals surface area (Å²) >= 11 is 0. The monoisotopic (exact) mass is 378 g/mol. The Balaban J connectivity index is 1.57. The van der Waals surface area contributed by atoms with Gasteiger partial charge in [-0.3, -0.25) is 9.78 Å². The van der Waals surface area contributed by atoms with Crippen LogP contribution in [0.25, 0.3) is 10.8 Å². The number of nitrogens with zero attached hydrogens (tertiary/aromatic N) is 2. The number of fused-ring (bicyclic) bond motifs is 1. The van der Waals surface area contributed by atoms with Gasteiger partial charge in [-0.05, 0) is 23.6 Å². The maximum atomic E-state index is 13.1. The van der Waals surface area contributed by atoms with Gasteiger partial charge in [-0.15, -0.1) is 0 Å². The molecule has 0 radical (unpaired) electrons. The predicted molar refractivity (Wildman–Crippen MR) is 106 cm³/mol. The molecule has 3 aromatic rings. The minimum Gasteiger partial charge on any atom is -0.497 e. The van der Waals surface area contributed by atoms with Crippen LogP contribution in [0.4, 0.5) is 0 Å². The molecule has 144 valence electrons. The van der Waals surface area contributed by atoms with Crippen molar-refractivity contribution in [1.29, 1.82) is 0 Å². The van der Waals surface area contributed by atoms with Crippen molar-refractivity contribution in [3.05, 3.63) is 66.0 Å². The van der Waals surface area contributed by atoms with Crippen LogP contribution in [-0.4, -0.2) is 49.7 Å². The molecule has 0 aliphatic carbocycles. The molecular formula is C22H22N2O4. The SMILES string of the molecule is COc1ccc(C(=O)N2CCO[C@H](c3cc4ccccc4cn3)C2)c(OC)c1. The Kier molecular flexibility index (Phi) is 5.12. The smallest absolute Gasteiger partial charge is 0.257 e. The zero-order valence-electron chi connectivity index (χ0n) is 15.9. The lowest BCUT2D eigenvalue weighted by atomic mass is 10.1. The molecule has 6 nitrogen and oxygen atoms in total. The molecule has 1 atom stereocenters. The number of carbonyl (C=O) groups excluding carboxylic acids is 1. The Bertz CT molecular complexity index is 1000. The fraction of sp³-hybridized carbons (Fsp3) is 0.273. The van der Waals surface area contributed by atoms with Gasteiger partial charge in [-0.2, -0.15) is 0 Å². The van der Waals surface area contributed by atoms with E-state index < -0.39 is 0 Å². The third-order valence-corrected chi connectivity index (χ3v) is 4.97. The molecule has 1 saturated heterocycles. The summed E-state index contributed by atoms with van der Waals surface area (Å²) in [5.41, 5.74) is 1.34. The van der Waals surface area contributed by atoms with Crippen molar-refractivity contribution in [2.24, 2.45) is 0 Å². The Labute approximate surface area is 163 Å². The van der Waals surface area contributed by atoms with E-state index in [2.05, 4.69) is 11.1 Å². The first-order valence-electron chi connectivity index (χ1n) is 9.17. The van der Waals surface area contributed by atoms with Gasteiger partial charge in [0, 0.05) is 24.2 Å². The van der Waals surface area contributed by atoms with E-state index in [9.17, 15) is 4.79 Å². The van der Waals surface area contributed by atoms with E-state index in [1.165, 1.54) is 0 Å². The van der Waals surface area contributed by atoms with E-state index in [0.29, 0.717) is 36.8 Å². The first kappa shape index (κ1) is 18.3. The second kappa shape index (κ2) is 7.86. The number of morpholine rings is 1. The van der Waals surface area contributed by atoms with Crippen molar-refractivity contribution in [2.45, 2.75) is 6.10 Å². The number of aromatic nitrogens is 1. The predicted octanol–water partition coefficient (Wildman–Crippen LogP) is 3.47. The van der Waals surface area contributed by atoms with Crippen LogP contribution in [0.15, 0.2) is 54.7 Å². The maximum Gasteiger partial charge on any atom is 0.257 e. The van der Waals surface area contributed by atoms with E-state index in [0.717, 1.165) is 16.5 Å². The summed E-state index contributed by atoms with van der Waals surface area (Å²) < 4.78 is 16.5. The van der Waals surface area contributed by atoms with Gasteiger partial charge in [0.1, 0.15) is 17.6 Å². The van der Waals surface area contributed by atoms with E-state index >= 15 is 0 Å². The van der Waals surface area contributed by atoms with Crippen LogP contribution < -0.4 is 9.47 Å². The molecule has 0 bridgehead atoms. The fourth-order valence-corrected chi connectivity index (χ4v) is 3.43. The number of pyridine rings is 1.